The van der Waals surface area contributed by atoms with Crippen LogP contribution in [0.5, 0.6) is 0 Å². The first-order chi connectivity index (χ1) is 10.6. The number of nitrogens with one attached hydrogen (secondary N) is 2. The molecule has 2 atom stereocenters. The second kappa shape index (κ2) is 9.38. The van der Waals surface area contributed by atoms with Crippen molar-refractivity contribution in [1.82, 2.24) is 10.5 Å². The number of hydrogen-bond acceptors (Lipinski definition) is 7. The van der Waals surface area contributed by atoms with Crippen LogP contribution in [0.1, 0.15) is 17.7 Å². The van der Waals surface area contributed by atoms with E-state index in [1.54, 1.807) is 6.92 Å². The first-order valence-electron chi connectivity index (χ1n) is 6.37. The van der Waals surface area contributed by atoms with Crippen LogP contribution in [-0.4, -0.2) is 57.5 Å². The quantitative estimate of drug-likeness (QED) is 0.337. The van der Waals surface area contributed by atoms with Crippen molar-refractivity contribution in [3.8, 4) is 0 Å². The molecule has 11 nitrogen and oxygen atoms in total. The zero-order valence-electron chi connectivity index (χ0n) is 12.5. The van der Waals surface area contributed by atoms with Gasteiger partial charge in [0.15, 0.2) is 0 Å². The smallest absolute Gasteiger partial charge is 0.321 e. The molecule has 1 heterocycles. The van der Waals surface area contributed by atoms with E-state index in [0.717, 1.165) is 0 Å². The van der Waals surface area contributed by atoms with Crippen LogP contribution in [0.4, 0.5) is 0 Å². The summed E-state index contributed by atoms with van der Waals surface area (Å²) < 4.78 is 4.69. The first kappa shape index (κ1) is 20.3. The highest BCUT2D eigenvalue weighted by atomic mass is 16.5. The number of carboxylic acids is 3. The molecule has 0 spiro atoms. The van der Waals surface area contributed by atoms with Crippen LogP contribution in [-0.2, 0) is 20.8 Å². The number of aromatic nitrogens is 1. The highest BCUT2D eigenvalue weighted by Gasteiger charge is 2.18. The Morgan fingerprint density at radius 1 is 1.26 bits per heavy atom. The molecule has 7 N–H and O–H groups in total. The van der Waals surface area contributed by atoms with Gasteiger partial charge in [-0.2, -0.15) is 5.16 Å². The van der Waals surface area contributed by atoms with Gasteiger partial charge < -0.3 is 30.9 Å². The highest BCUT2D eigenvalue weighted by molar-refractivity contribution is 5.80. The van der Waals surface area contributed by atoms with Gasteiger partial charge >= 0.3 is 17.9 Å². The third kappa shape index (κ3) is 7.24. The topological polar surface area (TPSA) is 196 Å². The second-order valence-corrected chi connectivity index (χ2v) is 4.49. The molecule has 130 valence electrons. The fourth-order valence-electron chi connectivity index (χ4n) is 1.44. The van der Waals surface area contributed by atoms with Gasteiger partial charge in [-0.05, 0) is 14.0 Å². The number of aliphatic carboxylic acids is 3. The van der Waals surface area contributed by atoms with Gasteiger partial charge in [-0.3, -0.25) is 19.2 Å². The number of nitrogens with two attached hydrogens (primary N) is 1. The van der Waals surface area contributed by atoms with E-state index in [9.17, 15) is 19.2 Å². The molecule has 1 aromatic rings. The molecular weight excluding hydrogens is 314 g/mol. The van der Waals surface area contributed by atoms with E-state index >= 15 is 0 Å². The summed E-state index contributed by atoms with van der Waals surface area (Å²) in [6.45, 7) is 1.57. The molecule has 0 saturated heterocycles. The van der Waals surface area contributed by atoms with Gasteiger partial charge in [-0.25, -0.2) is 0 Å². The van der Waals surface area contributed by atoms with E-state index in [4.69, 9.17) is 21.1 Å². The van der Waals surface area contributed by atoms with Crippen LogP contribution in [0.25, 0.3) is 0 Å². The Morgan fingerprint density at radius 2 is 1.83 bits per heavy atom. The van der Waals surface area contributed by atoms with Crippen molar-refractivity contribution in [1.29, 1.82) is 0 Å². The van der Waals surface area contributed by atoms with Crippen molar-refractivity contribution in [2.45, 2.75) is 31.8 Å². The molecular formula is C12H19N3O8. The molecule has 1 aromatic heterocycles. The minimum atomic E-state index is -1.15. The Morgan fingerprint density at radius 3 is 2.09 bits per heavy atom. The van der Waals surface area contributed by atoms with Crippen LogP contribution in [0.15, 0.2) is 9.32 Å². The highest BCUT2D eigenvalue weighted by Crippen LogP contribution is 2.03. The van der Waals surface area contributed by atoms with Crippen molar-refractivity contribution in [2.24, 2.45) is 5.73 Å². The monoisotopic (exact) mass is 333 g/mol. The minimum Gasteiger partial charge on any atom is -0.481 e. The molecule has 0 fully saturated rings. The molecule has 0 bridgehead atoms. The summed E-state index contributed by atoms with van der Waals surface area (Å²) in [4.78, 5) is 41.5. The Kier molecular flexibility index (Phi) is 8.29. The van der Waals surface area contributed by atoms with Crippen LogP contribution in [0.2, 0.25) is 0 Å². The number of aromatic amines is 1. The first-order valence-corrected chi connectivity index (χ1v) is 6.37. The average molecular weight is 333 g/mol. The molecule has 1 rings (SSSR count). The van der Waals surface area contributed by atoms with E-state index in [1.807, 2.05) is 0 Å². The largest absolute Gasteiger partial charge is 0.481 e. The zero-order chi connectivity index (χ0) is 18.2. The summed E-state index contributed by atoms with van der Waals surface area (Å²) in [6, 6.07) is -2.06. The lowest BCUT2D eigenvalue weighted by molar-refractivity contribution is -0.145. The molecule has 11 heteroatoms. The normalized spacial score (nSPS) is 12.7. The number of carboxylic acid groups (broad SMARTS) is 3. The van der Waals surface area contributed by atoms with E-state index in [1.165, 1.54) is 7.05 Å². The maximum atomic E-state index is 11.0. The van der Waals surface area contributed by atoms with E-state index in [2.05, 4.69) is 15.0 Å². The molecule has 0 radical (unpaired) electrons. The van der Waals surface area contributed by atoms with Crippen LogP contribution in [0.3, 0.4) is 0 Å². The SMILES string of the molecule is CN[C@H](CC(=O)O)C(=O)O.Cc1o[nH]c(=O)c1C[C@H](N)C(=O)O. The predicted molar refractivity (Wildman–Crippen MR) is 76.1 cm³/mol. The number of H-pyrrole nitrogens is 1. The van der Waals surface area contributed by atoms with E-state index < -0.39 is 42.0 Å². The summed E-state index contributed by atoms with van der Waals surface area (Å²) in [7, 11) is 1.40. The molecule has 0 saturated carbocycles. The summed E-state index contributed by atoms with van der Waals surface area (Å²) in [5.41, 5.74) is 5.12. The molecule has 0 aliphatic rings. The molecule has 0 unspecified atom stereocenters. The van der Waals surface area contributed by atoms with Crippen molar-refractivity contribution in [3.63, 3.8) is 0 Å². The van der Waals surface area contributed by atoms with Gasteiger partial charge in [-0.1, -0.05) is 0 Å². The molecule has 0 aliphatic heterocycles. The Bertz CT molecular complexity index is 606. The maximum Gasteiger partial charge on any atom is 0.321 e. The second-order valence-electron chi connectivity index (χ2n) is 4.49. The lowest BCUT2D eigenvalue weighted by atomic mass is 10.1. The fraction of sp³-hybridized carbons (Fsp3) is 0.500. The van der Waals surface area contributed by atoms with Crippen molar-refractivity contribution in [2.75, 3.05) is 7.05 Å². The zero-order valence-corrected chi connectivity index (χ0v) is 12.5. The lowest BCUT2D eigenvalue weighted by Gasteiger charge is -2.06. The number of hydrogen-bond donors (Lipinski definition) is 6. The fourth-order valence-corrected chi connectivity index (χ4v) is 1.44. The van der Waals surface area contributed by atoms with E-state index in [-0.39, 0.29) is 12.0 Å². The van der Waals surface area contributed by atoms with Crippen molar-refractivity contribution >= 4 is 17.9 Å². The minimum absolute atomic E-state index is 0.0208. The van der Waals surface area contributed by atoms with Crippen LogP contribution < -0.4 is 16.6 Å². The van der Waals surface area contributed by atoms with Gasteiger partial charge in [-0.15, -0.1) is 0 Å². The maximum absolute atomic E-state index is 11.0. The average Bonchev–Trinajstić information content (AvgIpc) is 2.76. The van der Waals surface area contributed by atoms with Crippen molar-refractivity contribution in [3.05, 3.63) is 21.7 Å². The lowest BCUT2D eigenvalue weighted by Crippen LogP contribution is -2.35. The third-order valence-electron chi connectivity index (χ3n) is 2.76. The van der Waals surface area contributed by atoms with Gasteiger partial charge in [0, 0.05) is 6.42 Å². The standard InChI is InChI=1S/C7H10N2O4.C5H9NO4/c1-3-4(6(10)9-13-3)2-5(8)7(11)12;1-6-3(5(9)10)2-4(7)8/h5H,2,8H2,1H3,(H,9,10)(H,11,12);3,6H,2H2,1H3,(H,7,8)(H,9,10)/t5-;3-/m01/s1. The van der Waals surface area contributed by atoms with Gasteiger partial charge in [0.1, 0.15) is 17.8 Å². The molecule has 0 aliphatic carbocycles. The predicted octanol–water partition coefficient (Wildman–Crippen LogP) is -1.64. The van der Waals surface area contributed by atoms with Crippen LogP contribution in [0, 0.1) is 6.92 Å². The third-order valence-corrected chi connectivity index (χ3v) is 2.76. The summed E-state index contributed by atoms with van der Waals surface area (Å²) in [6.07, 6.45) is -0.418. The van der Waals surface area contributed by atoms with Gasteiger partial charge in [0.2, 0.25) is 0 Å². The van der Waals surface area contributed by atoms with Gasteiger partial charge in [0.25, 0.3) is 5.56 Å². The number of carbonyl (C=O) groups is 3. The molecule has 23 heavy (non-hydrogen) atoms. The Balaban J connectivity index is 0.000000438. The Hall–Kier alpha value is -2.66. The summed E-state index contributed by atoms with van der Waals surface area (Å²) in [5.74, 6) is -3.03. The van der Waals surface area contributed by atoms with Crippen LogP contribution >= 0.6 is 0 Å². The number of likely N-dealkylation sites (N-methyl/N-ethyl adjacent to an activating group) is 1. The number of rotatable bonds is 7. The Labute approximate surface area is 130 Å². The van der Waals surface area contributed by atoms with Crippen molar-refractivity contribution < 1.29 is 34.2 Å². The number of aryl methyl sites for hydroxylation is 1. The summed E-state index contributed by atoms with van der Waals surface area (Å²) >= 11 is 0. The van der Waals surface area contributed by atoms with E-state index in [0.29, 0.717) is 5.76 Å². The molecule has 0 aromatic carbocycles. The van der Waals surface area contributed by atoms with Gasteiger partial charge in [0.05, 0.1) is 12.0 Å². The summed E-state index contributed by atoms with van der Waals surface area (Å²) in [5, 5.41) is 29.4. The molecule has 0 amide bonds.